The van der Waals surface area contributed by atoms with Crippen LogP contribution in [0.3, 0.4) is 0 Å². The molecule has 330 valence electrons. The molecule has 61 heavy (non-hydrogen) atoms. The summed E-state index contributed by atoms with van der Waals surface area (Å²) in [6, 6.07) is 11.4. The van der Waals surface area contributed by atoms with Crippen molar-refractivity contribution in [3.63, 3.8) is 0 Å². The first-order valence-corrected chi connectivity index (χ1v) is 22.9. The average Bonchev–Trinajstić information content (AvgIpc) is 4.24. The number of oxime groups is 1. The summed E-state index contributed by atoms with van der Waals surface area (Å²) in [5, 5.41) is 25.0. The van der Waals surface area contributed by atoms with E-state index in [0.717, 1.165) is 106 Å². The van der Waals surface area contributed by atoms with E-state index in [1.165, 1.54) is 0 Å². The Bertz CT molecular complexity index is 1920. The van der Waals surface area contributed by atoms with Crippen LogP contribution in [0, 0.1) is 23.7 Å². The van der Waals surface area contributed by atoms with Crippen molar-refractivity contribution in [3.05, 3.63) is 71.8 Å². The van der Waals surface area contributed by atoms with Crippen molar-refractivity contribution in [2.75, 3.05) is 59.5 Å². The molecule has 0 aromatic heterocycles. The van der Waals surface area contributed by atoms with E-state index in [4.69, 9.17) is 38.4 Å². The molecule has 2 aromatic carbocycles. The monoisotopic (exact) mass is 841 g/mol. The lowest BCUT2D eigenvalue weighted by Crippen LogP contribution is -2.70. The number of amides is 1. The van der Waals surface area contributed by atoms with Crippen LogP contribution in [0.5, 0.6) is 23.0 Å². The van der Waals surface area contributed by atoms with Crippen LogP contribution < -0.4 is 18.9 Å². The van der Waals surface area contributed by atoms with Crippen LogP contribution in [0.1, 0.15) is 94.1 Å². The Morgan fingerprint density at radius 3 is 2.57 bits per heavy atom. The topological polar surface area (TPSA) is 141 Å². The van der Waals surface area contributed by atoms with Gasteiger partial charge in [0.15, 0.2) is 11.5 Å². The zero-order valence-corrected chi connectivity index (χ0v) is 35.4. The normalized spacial score (nSPS) is 29.2. The molecule has 13 heteroatoms. The van der Waals surface area contributed by atoms with Crippen LogP contribution in [0.25, 0.3) is 0 Å². The highest BCUT2D eigenvalue weighted by Gasteiger charge is 2.66. The summed E-state index contributed by atoms with van der Waals surface area (Å²) in [6.07, 6.45) is 13.3. The maximum Gasteiger partial charge on any atom is 0.239 e. The summed E-state index contributed by atoms with van der Waals surface area (Å²) in [6.45, 7) is 9.31. The Morgan fingerprint density at radius 2 is 1.80 bits per heavy atom. The number of aliphatic hydroxyl groups excluding tert-OH is 2. The quantitative estimate of drug-likeness (QED) is 0.0600. The van der Waals surface area contributed by atoms with E-state index in [1.807, 2.05) is 35.2 Å². The van der Waals surface area contributed by atoms with Gasteiger partial charge in [0.1, 0.15) is 24.1 Å². The number of rotatable bonds is 21. The van der Waals surface area contributed by atoms with Crippen LogP contribution in [0.4, 0.5) is 0 Å². The molecule has 3 aliphatic carbocycles. The zero-order chi connectivity index (χ0) is 41.8. The molecule has 1 amide bonds. The lowest BCUT2D eigenvalue weighted by molar-refractivity contribution is -0.258. The summed E-state index contributed by atoms with van der Waals surface area (Å²) < 4.78 is 38.6. The molecular weight excluding hydrogens is 779 g/mol. The lowest BCUT2D eigenvalue weighted by Gasteiger charge is -2.60. The standard InChI is InChI=1S/C48H63N3O10/c1-2-23-59-48-43(51(47(54)33-13-14-33)30-32-12-16-41-42(26-32)58-31-57-41)29-39(49-61-44-11-5-8-24-56-44)37-27-34(9-3-6-21-52)36(10-4-7-22-53)45(46(37)48)38-28-35(15-17-40(38)60-48)55-25-20-50-18-19-50/h2,12,15-17,26-28,33-34,36,43-46,52-53H,1,3-11,13-14,18-25,29-31H2/t34-,36+,43-,44?,45+,46+,48+/m0/s1. The van der Waals surface area contributed by atoms with Gasteiger partial charge in [-0.15, -0.1) is 6.58 Å². The first kappa shape index (κ1) is 42.2. The minimum absolute atomic E-state index is 0.0610. The SMILES string of the molecule is C=CCO[C@@]12Oc3ccc(OCCN4CC4)cc3[C@H]3[C@H](CCCCO)[C@@H](CCCCO)C=C(C(=NOC4CCCCO4)C[C@@H]1N(Cc1ccc4c(c1)OCO4)C(=O)C1CC1)[C@H]32. The first-order valence-electron chi connectivity index (χ1n) is 22.9. The largest absolute Gasteiger partial charge is 0.492 e. The van der Waals surface area contributed by atoms with E-state index in [-0.39, 0.29) is 56.2 Å². The molecule has 4 heterocycles. The third-order valence-corrected chi connectivity index (χ3v) is 13.7. The summed E-state index contributed by atoms with van der Waals surface area (Å²) in [5.74, 6) is 1.18. The fourth-order valence-corrected chi connectivity index (χ4v) is 10.4. The fraction of sp³-hybridized carbons (Fsp3) is 0.625. The van der Waals surface area contributed by atoms with Gasteiger partial charge in [0.2, 0.25) is 24.8 Å². The number of allylic oxidation sites excluding steroid dienone is 1. The van der Waals surface area contributed by atoms with Crippen molar-refractivity contribution in [3.8, 4) is 23.0 Å². The maximum atomic E-state index is 14.9. The molecular formula is C48H63N3O10. The predicted molar refractivity (Wildman–Crippen MR) is 227 cm³/mol. The van der Waals surface area contributed by atoms with Gasteiger partial charge >= 0.3 is 0 Å². The average molecular weight is 842 g/mol. The highest BCUT2D eigenvalue weighted by molar-refractivity contribution is 6.03. The van der Waals surface area contributed by atoms with Gasteiger partial charge in [-0.25, -0.2) is 0 Å². The van der Waals surface area contributed by atoms with Crippen molar-refractivity contribution in [2.45, 2.75) is 108 Å². The van der Waals surface area contributed by atoms with E-state index in [0.29, 0.717) is 56.3 Å². The minimum Gasteiger partial charge on any atom is -0.492 e. The summed E-state index contributed by atoms with van der Waals surface area (Å²) in [5.41, 5.74) is 3.74. The number of carbonyl (C=O) groups is 1. The van der Waals surface area contributed by atoms with Crippen molar-refractivity contribution in [1.29, 1.82) is 0 Å². The predicted octanol–water partition coefficient (Wildman–Crippen LogP) is 6.71. The van der Waals surface area contributed by atoms with Gasteiger partial charge in [-0.05, 0) is 105 Å². The smallest absolute Gasteiger partial charge is 0.239 e. The van der Waals surface area contributed by atoms with E-state index in [2.05, 4.69) is 23.6 Å². The van der Waals surface area contributed by atoms with Gasteiger partial charge in [-0.3, -0.25) is 9.69 Å². The Balaban J connectivity index is 1.21. The Hall–Kier alpha value is -4.14. The summed E-state index contributed by atoms with van der Waals surface area (Å²) in [4.78, 5) is 25.6. The molecule has 2 saturated carbocycles. The fourth-order valence-electron chi connectivity index (χ4n) is 10.4. The number of fused-ring (bicyclic) bond motifs is 3. The number of hydrogen-bond acceptors (Lipinski definition) is 12. The van der Waals surface area contributed by atoms with Crippen molar-refractivity contribution in [1.82, 2.24) is 9.80 Å². The molecule has 7 aliphatic rings. The van der Waals surface area contributed by atoms with E-state index < -0.39 is 24.0 Å². The van der Waals surface area contributed by atoms with Crippen molar-refractivity contribution < 1.29 is 48.3 Å². The Morgan fingerprint density at radius 1 is 0.984 bits per heavy atom. The second kappa shape index (κ2) is 19.1. The second-order valence-corrected chi connectivity index (χ2v) is 17.8. The molecule has 7 atom stereocenters. The van der Waals surface area contributed by atoms with Crippen LogP contribution >= 0.6 is 0 Å². The summed E-state index contributed by atoms with van der Waals surface area (Å²) >= 11 is 0. The number of nitrogens with zero attached hydrogens (tertiary/aromatic N) is 3. The molecule has 9 rings (SSSR count). The number of hydrogen-bond donors (Lipinski definition) is 2. The molecule has 0 radical (unpaired) electrons. The Labute approximate surface area is 359 Å². The highest BCUT2D eigenvalue weighted by atomic mass is 16.8. The van der Waals surface area contributed by atoms with Crippen LogP contribution in [0.2, 0.25) is 0 Å². The number of benzene rings is 2. The second-order valence-electron chi connectivity index (χ2n) is 17.8. The molecule has 1 unspecified atom stereocenters. The van der Waals surface area contributed by atoms with Gasteiger partial charge < -0.3 is 48.4 Å². The molecule has 2 saturated heterocycles. The van der Waals surface area contributed by atoms with Gasteiger partial charge in [0.25, 0.3) is 0 Å². The van der Waals surface area contributed by atoms with Crippen LogP contribution in [0.15, 0.2) is 65.9 Å². The molecule has 2 aromatic rings. The van der Waals surface area contributed by atoms with Crippen molar-refractivity contribution in [2.24, 2.45) is 28.8 Å². The van der Waals surface area contributed by atoms with Gasteiger partial charge in [-0.2, -0.15) is 0 Å². The van der Waals surface area contributed by atoms with E-state index in [1.54, 1.807) is 6.08 Å². The molecule has 4 aliphatic heterocycles. The zero-order valence-electron chi connectivity index (χ0n) is 35.4. The molecule has 13 nitrogen and oxygen atoms in total. The third kappa shape index (κ3) is 9.18. The number of ether oxygens (including phenoxy) is 6. The Kier molecular flexibility index (Phi) is 13.2. The number of aliphatic hydroxyl groups is 2. The van der Waals surface area contributed by atoms with Gasteiger partial charge in [-0.1, -0.05) is 36.2 Å². The molecule has 2 N–H and O–H groups in total. The first-order chi connectivity index (χ1) is 30.0. The lowest BCUT2D eigenvalue weighted by atomic mass is 9.55. The minimum atomic E-state index is -1.34. The van der Waals surface area contributed by atoms with E-state index >= 15 is 0 Å². The number of unbranched alkanes of at least 4 members (excludes halogenated alkanes) is 2. The maximum absolute atomic E-state index is 14.9. The molecule has 4 fully saturated rings. The van der Waals surface area contributed by atoms with E-state index in [9.17, 15) is 15.0 Å². The molecule has 0 bridgehead atoms. The van der Waals surface area contributed by atoms with Crippen LogP contribution in [-0.4, -0.2) is 109 Å². The summed E-state index contributed by atoms with van der Waals surface area (Å²) in [7, 11) is 0. The van der Waals surface area contributed by atoms with Crippen LogP contribution in [-0.2, 0) is 25.7 Å². The van der Waals surface area contributed by atoms with Gasteiger partial charge in [0, 0.05) is 69.6 Å². The highest BCUT2D eigenvalue weighted by Crippen LogP contribution is 2.62. The third-order valence-electron chi connectivity index (χ3n) is 13.7. The molecule has 0 spiro atoms. The number of carbonyl (C=O) groups excluding carboxylic acids is 1. The van der Waals surface area contributed by atoms with Crippen molar-refractivity contribution >= 4 is 11.6 Å². The van der Waals surface area contributed by atoms with Gasteiger partial charge in [0.05, 0.1) is 24.8 Å².